The summed E-state index contributed by atoms with van der Waals surface area (Å²) in [6.07, 6.45) is 1.28. The molecule has 3 aromatic carbocycles. The minimum absolute atomic E-state index is 0.208. The summed E-state index contributed by atoms with van der Waals surface area (Å²) in [7, 11) is 1.68. The fourth-order valence-electron chi connectivity index (χ4n) is 4.46. The highest BCUT2D eigenvalue weighted by Crippen LogP contribution is 2.50. The molecule has 0 fully saturated rings. The van der Waals surface area contributed by atoms with Crippen LogP contribution in [0.1, 0.15) is 28.8 Å². The van der Waals surface area contributed by atoms with Gasteiger partial charge in [-0.3, -0.25) is 0 Å². The van der Waals surface area contributed by atoms with Crippen molar-refractivity contribution in [3.05, 3.63) is 106 Å². The molecule has 0 amide bonds. The Kier molecular flexibility index (Phi) is 4.50. The van der Waals surface area contributed by atoms with Crippen molar-refractivity contribution in [3.8, 4) is 11.5 Å². The van der Waals surface area contributed by atoms with Gasteiger partial charge in [0.15, 0.2) is 0 Å². The molecule has 0 unspecified atom stereocenters. The van der Waals surface area contributed by atoms with Gasteiger partial charge in [-0.1, -0.05) is 52.3 Å². The second-order valence-corrected chi connectivity index (χ2v) is 8.62. The van der Waals surface area contributed by atoms with Gasteiger partial charge in [0.2, 0.25) is 5.95 Å². The van der Waals surface area contributed by atoms with Gasteiger partial charge in [-0.2, -0.15) is 10.1 Å². The van der Waals surface area contributed by atoms with Gasteiger partial charge >= 0.3 is 0 Å². The van der Waals surface area contributed by atoms with Crippen LogP contribution < -0.4 is 14.8 Å². The summed E-state index contributed by atoms with van der Waals surface area (Å²) in [5.41, 5.74) is 5.21. The molecule has 2 atom stereocenters. The first-order valence-electron chi connectivity index (χ1n) is 10.3. The Morgan fingerprint density at radius 1 is 1.00 bits per heavy atom. The van der Waals surface area contributed by atoms with E-state index in [-0.39, 0.29) is 12.1 Å². The number of para-hydroxylation sites is 1. The maximum Gasteiger partial charge on any atom is 0.226 e. The molecule has 6 rings (SSSR count). The van der Waals surface area contributed by atoms with Crippen molar-refractivity contribution < 1.29 is 9.47 Å². The first-order chi connectivity index (χ1) is 15.7. The number of rotatable bonds is 3. The third-order valence-corrected chi connectivity index (χ3v) is 6.43. The molecular weight excluding hydrogens is 468 g/mol. The van der Waals surface area contributed by atoms with Gasteiger partial charge in [0.05, 0.1) is 12.8 Å². The highest BCUT2D eigenvalue weighted by atomic mass is 79.9. The van der Waals surface area contributed by atoms with Crippen LogP contribution in [0, 0.1) is 0 Å². The van der Waals surface area contributed by atoms with Crippen LogP contribution in [0.4, 0.5) is 5.95 Å². The van der Waals surface area contributed by atoms with Crippen LogP contribution in [-0.2, 0) is 0 Å². The Morgan fingerprint density at radius 3 is 2.69 bits per heavy atom. The number of hydrogen-bond donors (Lipinski definition) is 1. The zero-order chi connectivity index (χ0) is 21.7. The molecule has 2 aliphatic rings. The second kappa shape index (κ2) is 7.53. The predicted molar refractivity (Wildman–Crippen MR) is 126 cm³/mol. The van der Waals surface area contributed by atoms with Crippen molar-refractivity contribution in [2.24, 2.45) is 0 Å². The van der Waals surface area contributed by atoms with E-state index < -0.39 is 0 Å². The van der Waals surface area contributed by atoms with Crippen molar-refractivity contribution >= 4 is 27.6 Å². The summed E-state index contributed by atoms with van der Waals surface area (Å²) in [6.45, 7) is 0. The largest absolute Gasteiger partial charge is 0.497 e. The Hall–Kier alpha value is -3.58. The normalized spacial score (nSPS) is 18.7. The van der Waals surface area contributed by atoms with Gasteiger partial charge in [0, 0.05) is 15.6 Å². The van der Waals surface area contributed by atoms with Gasteiger partial charge in [-0.05, 0) is 47.5 Å². The number of nitrogens with zero attached hydrogens (tertiary/aromatic N) is 3. The van der Waals surface area contributed by atoms with E-state index in [1.54, 1.807) is 13.4 Å². The van der Waals surface area contributed by atoms with Gasteiger partial charge < -0.3 is 14.8 Å². The summed E-state index contributed by atoms with van der Waals surface area (Å²) in [5.74, 6) is 2.33. The maximum absolute atomic E-state index is 6.62. The van der Waals surface area contributed by atoms with E-state index in [0.29, 0.717) is 5.95 Å². The highest BCUT2D eigenvalue weighted by Gasteiger charge is 2.40. The molecule has 158 valence electrons. The van der Waals surface area contributed by atoms with E-state index in [1.165, 1.54) is 0 Å². The van der Waals surface area contributed by atoms with Crippen molar-refractivity contribution in [2.75, 3.05) is 12.4 Å². The number of halogens is 1. The van der Waals surface area contributed by atoms with Crippen molar-refractivity contribution in [2.45, 2.75) is 12.1 Å². The van der Waals surface area contributed by atoms with E-state index in [0.717, 1.165) is 43.9 Å². The van der Waals surface area contributed by atoms with Gasteiger partial charge in [0.25, 0.3) is 0 Å². The molecule has 2 aliphatic heterocycles. The number of hydrogen-bond acceptors (Lipinski definition) is 5. The highest BCUT2D eigenvalue weighted by molar-refractivity contribution is 9.10. The van der Waals surface area contributed by atoms with Crippen LogP contribution in [0.25, 0.3) is 5.70 Å². The van der Waals surface area contributed by atoms with Gasteiger partial charge in [-0.15, -0.1) is 0 Å². The maximum atomic E-state index is 6.62. The summed E-state index contributed by atoms with van der Waals surface area (Å²) in [6, 6.07) is 24.2. The molecule has 1 N–H and O–H groups in total. The van der Waals surface area contributed by atoms with Crippen LogP contribution in [0.3, 0.4) is 0 Å². The van der Waals surface area contributed by atoms with Crippen LogP contribution in [-0.4, -0.2) is 21.9 Å². The number of ether oxygens (including phenoxy) is 2. The van der Waals surface area contributed by atoms with Crippen LogP contribution >= 0.6 is 15.9 Å². The van der Waals surface area contributed by atoms with E-state index in [9.17, 15) is 0 Å². The molecule has 0 bridgehead atoms. The SMILES string of the molecule is COc1cccc([C@H]2C3=C(Nc4ncnn42)c2ccccc2O[C@@H]3c2ccc(Br)cc2)c1. The second-order valence-electron chi connectivity index (χ2n) is 7.71. The lowest BCUT2D eigenvalue weighted by molar-refractivity contribution is 0.223. The monoisotopic (exact) mass is 486 g/mol. The average Bonchev–Trinajstić information content (AvgIpc) is 3.31. The van der Waals surface area contributed by atoms with Crippen LogP contribution in [0.2, 0.25) is 0 Å². The number of fused-ring (bicyclic) bond motifs is 3. The third-order valence-electron chi connectivity index (χ3n) is 5.90. The Bertz CT molecular complexity index is 1350. The molecular formula is C25H19BrN4O2. The zero-order valence-corrected chi connectivity index (χ0v) is 18.8. The number of anilines is 1. The Balaban J connectivity index is 1.62. The summed E-state index contributed by atoms with van der Waals surface area (Å²) in [5, 5.41) is 8.09. The fraction of sp³-hybridized carbons (Fsp3) is 0.120. The van der Waals surface area contributed by atoms with Crippen molar-refractivity contribution in [1.29, 1.82) is 0 Å². The minimum Gasteiger partial charge on any atom is -0.497 e. The molecule has 3 heterocycles. The summed E-state index contributed by atoms with van der Waals surface area (Å²) < 4.78 is 15.1. The minimum atomic E-state index is -0.297. The molecule has 32 heavy (non-hydrogen) atoms. The van der Waals surface area contributed by atoms with Crippen molar-refractivity contribution in [1.82, 2.24) is 14.8 Å². The summed E-state index contributed by atoms with van der Waals surface area (Å²) >= 11 is 3.54. The molecule has 0 saturated carbocycles. The van der Waals surface area contributed by atoms with Gasteiger partial charge in [0.1, 0.15) is 30.0 Å². The van der Waals surface area contributed by atoms with Crippen LogP contribution in [0.5, 0.6) is 11.5 Å². The number of nitrogens with one attached hydrogen (secondary N) is 1. The molecule has 0 radical (unpaired) electrons. The smallest absolute Gasteiger partial charge is 0.226 e. The van der Waals surface area contributed by atoms with E-state index >= 15 is 0 Å². The van der Waals surface area contributed by atoms with E-state index in [1.807, 2.05) is 53.2 Å². The van der Waals surface area contributed by atoms with E-state index in [2.05, 4.69) is 55.6 Å². The molecule has 0 spiro atoms. The topological polar surface area (TPSA) is 61.2 Å². The zero-order valence-electron chi connectivity index (χ0n) is 17.2. The first-order valence-corrected chi connectivity index (χ1v) is 11.1. The molecule has 0 aliphatic carbocycles. The lowest BCUT2D eigenvalue weighted by atomic mass is 9.84. The number of aromatic nitrogens is 3. The molecule has 4 aromatic rings. The third kappa shape index (κ3) is 3.00. The predicted octanol–water partition coefficient (Wildman–Crippen LogP) is 5.61. The van der Waals surface area contributed by atoms with E-state index in [4.69, 9.17) is 9.47 Å². The molecule has 0 saturated heterocycles. The first kappa shape index (κ1) is 19.1. The van der Waals surface area contributed by atoms with Crippen molar-refractivity contribution in [3.63, 3.8) is 0 Å². The van der Waals surface area contributed by atoms with Crippen LogP contribution in [0.15, 0.2) is 89.2 Å². The Morgan fingerprint density at radius 2 is 1.84 bits per heavy atom. The lowest BCUT2D eigenvalue weighted by Crippen LogP contribution is -2.32. The number of methoxy groups -OCH3 is 1. The molecule has 1 aromatic heterocycles. The average molecular weight is 487 g/mol. The lowest BCUT2D eigenvalue weighted by Gasteiger charge is -2.39. The molecule has 6 nitrogen and oxygen atoms in total. The quantitative estimate of drug-likeness (QED) is 0.407. The van der Waals surface area contributed by atoms with Gasteiger partial charge in [-0.25, -0.2) is 4.68 Å². The standard InChI is InChI=1S/C25H19BrN4O2/c1-31-18-6-4-5-16(13-18)23-21-22(29-25-27-14-28-30(23)25)19-7-2-3-8-20(19)32-24(21)15-9-11-17(26)12-10-15/h2-14,23-24H,1H3,(H,27,28,29)/t23-,24+/m0/s1. The fourth-order valence-corrected chi connectivity index (χ4v) is 4.73. The Labute approximate surface area is 193 Å². The molecule has 7 heteroatoms. The number of benzene rings is 3. The summed E-state index contributed by atoms with van der Waals surface area (Å²) in [4.78, 5) is 4.48.